The zero-order valence-corrected chi connectivity index (χ0v) is 7.25. The molecular formula is C10H6N4. The van der Waals surface area contributed by atoms with Gasteiger partial charge in [0, 0.05) is 30.4 Å². The van der Waals surface area contributed by atoms with Gasteiger partial charge in [-0.1, -0.05) is 0 Å². The van der Waals surface area contributed by atoms with Crippen LogP contribution in [0, 0.1) is 11.3 Å². The fourth-order valence-electron chi connectivity index (χ4n) is 1.14. The first-order valence-electron chi connectivity index (χ1n) is 4.03. The van der Waals surface area contributed by atoms with E-state index in [0.717, 1.165) is 5.56 Å². The Balaban J connectivity index is 2.58. The molecule has 0 spiro atoms. The van der Waals surface area contributed by atoms with Crippen molar-refractivity contribution in [2.24, 2.45) is 0 Å². The number of nitriles is 1. The molecule has 2 heterocycles. The molecule has 2 aromatic heterocycles. The summed E-state index contributed by atoms with van der Waals surface area (Å²) in [5.41, 5.74) is 1.78. The Hall–Kier alpha value is -2.28. The second-order valence-corrected chi connectivity index (χ2v) is 2.60. The molecule has 0 fully saturated rings. The predicted octanol–water partition coefficient (Wildman–Crippen LogP) is 1.41. The summed E-state index contributed by atoms with van der Waals surface area (Å²) in [4.78, 5) is 11.9. The minimum absolute atomic E-state index is 0.332. The van der Waals surface area contributed by atoms with Crippen LogP contribution in [0.15, 0.2) is 36.9 Å². The second-order valence-electron chi connectivity index (χ2n) is 2.60. The highest BCUT2D eigenvalue weighted by atomic mass is 14.8. The van der Waals surface area contributed by atoms with Crippen LogP contribution in [0.5, 0.6) is 0 Å². The van der Waals surface area contributed by atoms with E-state index in [1.54, 1.807) is 30.7 Å². The number of rotatable bonds is 1. The van der Waals surface area contributed by atoms with Crippen LogP contribution >= 0.6 is 0 Å². The van der Waals surface area contributed by atoms with Gasteiger partial charge >= 0.3 is 0 Å². The molecule has 4 heteroatoms. The molecule has 0 unspecified atom stereocenters. The lowest BCUT2D eigenvalue weighted by Crippen LogP contribution is -1.91. The summed E-state index contributed by atoms with van der Waals surface area (Å²) in [6, 6.07) is 5.59. The van der Waals surface area contributed by atoms with E-state index in [4.69, 9.17) is 5.26 Å². The molecule has 0 aliphatic heterocycles. The molecule has 0 saturated carbocycles. The highest BCUT2D eigenvalue weighted by Gasteiger charge is 2.05. The molecule has 14 heavy (non-hydrogen) atoms. The van der Waals surface area contributed by atoms with Gasteiger partial charge in [0.15, 0.2) is 5.69 Å². The van der Waals surface area contributed by atoms with E-state index in [0.29, 0.717) is 11.4 Å². The topological polar surface area (TPSA) is 62.5 Å². The fourth-order valence-corrected chi connectivity index (χ4v) is 1.14. The van der Waals surface area contributed by atoms with E-state index in [-0.39, 0.29) is 0 Å². The van der Waals surface area contributed by atoms with E-state index >= 15 is 0 Å². The molecule has 0 N–H and O–H groups in total. The van der Waals surface area contributed by atoms with Gasteiger partial charge < -0.3 is 0 Å². The highest BCUT2D eigenvalue weighted by Crippen LogP contribution is 2.17. The third kappa shape index (κ3) is 1.43. The van der Waals surface area contributed by atoms with Gasteiger partial charge in [0.2, 0.25) is 0 Å². The van der Waals surface area contributed by atoms with Crippen molar-refractivity contribution in [2.75, 3.05) is 0 Å². The zero-order chi connectivity index (χ0) is 9.80. The van der Waals surface area contributed by atoms with E-state index in [2.05, 4.69) is 15.0 Å². The molecule has 2 rings (SSSR count). The van der Waals surface area contributed by atoms with E-state index in [1.807, 2.05) is 6.07 Å². The molecule has 0 aromatic carbocycles. The highest BCUT2D eigenvalue weighted by molar-refractivity contribution is 5.63. The average molecular weight is 182 g/mol. The Bertz CT molecular complexity index is 473. The number of aromatic nitrogens is 3. The van der Waals surface area contributed by atoms with Gasteiger partial charge in [-0.15, -0.1) is 0 Å². The standard InChI is InChI=1S/C10H6N4/c11-7-9-10(14-6-5-13-9)8-1-3-12-4-2-8/h1-6H. The van der Waals surface area contributed by atoms with Gasteiger partial charge in [0.1, 0.15) is 11.8 Å². The minimum Gasteiger partial charge on any atom is -0.265 e. The molecule has 0 amide bonds. The summed E-state index contributed by atoms with van der Waals surface area (Å²) < 4.78 is 0. The van der Waals surface area contributed by atoms with Gasteiger partial charge in [0.05, 0.1) is 0 Å². The van der Waals surface area contributed by atoms with Crippen LogP contribution in [0.25, 0.3) is 11.3 Å². The number of hydrogen-bond acceptors (Lipinski definition) is 4. The van der Waals surface area contributed by atoms with Crippen LogP contribution in [-0.4, -0.2) is 15.0 Å². The Morgan fingerprint density at radius 3 is 2.43 bits per heavy atom. The van der Waals surface area contributed by atoms with E-state index in [9.17, 15) is 0 Å². The Kier molecular flexibility index (Phi) is 2.15. The first-order valence-corrected chi connectivity index (χ1v) is 4.03. The predicted molar refractivity (Wildman–Crippen MR) is 50.0 cm³/mol. The maximum absolute atomic E-state index is 8.81. The van der Waals surface area contributed by atoms with Crippen LogP contribution in [0.2, 0.25) is 0 Å². The summed E-state index contributed by atoms with van der Waals surface area (Å²) in [6.45, 7) is 0. The molecule has 0 aliphatic rings. The van der Waals surface area contributed by atoms with Crippen molar-refractivity contribution >= 4 is 0 Å². The third-order valence-corrected chi connectivity index (χ3v) is 1.76. The van der Waals surface area contributed by atoms with Gasteiger partial charge in [0.25, 0.3) is 0 Å². The van der Waals surface area contributed by atoms with Crippen molar-refractivity contribution in [1.82, 2.24) is 15.0 Å². The molecule has 2 aromatic rings. The smallest absolute Gasteiger partial charge is 0.166 e. The zero-order valence-electron chi connectivity index (χ0n) is 7.25. The molecular weight excluding hydrogens is 176 g/mol. The van der Waals surface area contributed by atoms with Crippen LogP contribution in [0.4, 0.5) is 0 Å². The molecule has 4 nitrogen and oxygen atoms in total. The lowest BCUT2D eigenvalue weighted by Gasteiger charge is -1.99. The maximum Gasteiger partial charge on any atom is 0.166 e. The summed E-state index contributed by atoms with van der Waals surface area (Å²) in [5.74, 6) is 0. The molecule has 0 saturated heterocycles. The molecule has 0 aliphatic carbocycles. The first kappa shape index (κ1) is 8.32. The minimum atomic E-state index is 0.332. The van der Waals surface area contributed by atoms with Gasteiger partial charge in [-0.25, -0.2) is 4.98 Å². The van der Waals surface area contributed by atoms with Crippen LogP contribution < -0.4 is 0 Å². The van der Waals surface area contributed by atoms with E-state index in [1.165, 1.54) is 6.20 Å². The summed E-state index contributed by atoms with van der Waals surface area (Å²) in [7, 11) is 0. The fraction of sp³-hybridized carbons (Fsp3) is 0. The third-order valence-electron chi connectivity index (χ3n) is 1.76. The summed E-state index contributed by atoms with van der Waals surface area (Å²) >= 11 is 0. The van der Waals surface area contributed by atoms with Crippen molar-refractivity contribution in [3.8, 4) is 17.3 Å². The molecule has 0 atom stereocenters. The SMILES string of the molecule is N#Cc1nccnc1-c1ccncc1. The van der Waals surface area contributed by atoms with E-state index < -0.39 is 0 Å². The summed E-state index contributed by atoms with van der Waals surface area (Å²) in [6.07, 6.45) is 6.39. The van der Waals surface area contributed by atoms with Crippen LogP contribution in [-0.2, 0) is 0 Å². The lowest BCUT2D eigenvalue weighted by molar-refractivity contribution is 1.16. The van der Waals surface area contributed by atoms with Crippen LogP contribution in [0.1, 0.15) is 5.69 Å². The van der Waals surface area contributed by atoms with Crippen molar-refractivity contribution in [2.45, 2.75) is 0 Å². The molecule has 0 radical (unpaired) electrons. The number of nitrogens with zero attached hydrogens (tertiary/aromatic N) is 4. The second kappa shape index (κ2) is 3.62. The number of hydrogen-bond donors (Lipinski definition) is 0. The van der Waals surface area contributed by atoms with Crippen molar-refractivity contribution in [3.63, 3.8) is 0 Å². The Morgan fingerprint density at radius 2 is 1.71 bits per heavy atom. The van der Waals surface area contributed by atoms with Crippen LogP contribution in [0.3, 0.4) is 0 Å². The quantitative estimate of drug-likeness (QED) is 0.668. The largest absolute Gasteiger partial charge is 0.265 e. The first-order chi connectivity index (χ1) is 6.92. The summed E-state index contributed by atoms with van der Waals surface area (Å²) in [5, 5.41) is 8.81. The Morgan fingerprint density at radius 1 is 1.00 bits per heavy atom. The molecule has 0 bridgehead atoms. The van der Waals surface area contributed by atoms with Crippen molar-refractivity contribution in [1.29, 1.82) is 5.26 Å². The van der Waals surface area contributed by atoms with Gasteiger partial charge in [-0.05, 0) is 12.1 Å². The van der Waals surface area contributed by atoms with Gasteiger partial charge in [-0.3, -0.25) is 9.97 Å². The van der Waals surface area contributed by atoms with Gasteiger partial charge in [-0.2, -0.15) is 5.26 Å². The number of pyridine rings is 1. The normalized spacial score (nSPS) is 9.36. The van der Waals surface area contributed by atoms with Crippen molar-refractivity contribution < 1.29 is 0 Å². The monoisotopic (exact) mass is 182 g/mol. The lowest BCUT2D eigenvalue weighted by atomic mass is 10.1. The van der Waals surface area contributed by atoms with Crippen molar-refractivity contribution in [3.05, 3.63) is 42.6 Å². The molecule has 66 valence electrons. The average Bonchev–Trinajstić information content (AvgIpc) is 2.30. The maximum atomic E-state index is 8.81. The Labute approximate surface area is 80.9 Å².